The zero-order valence-electron chi connectivity index (χ0n) is 14.7. The minimum Gasteiger partial charge on any atom is -0.493 e. The standard InChI is InChI=1S/C20H21F3N2O2/c21-14-2-4-15(5-3-14)27-10-8-20(26)25-19-12-24-9-7-16(19)13-1-6-17(22)18(23)11-13/h1-6,11,16,19,24H,7-10,12H2,(H,25,26). The number of hydrogen-bond acceptors (Lipinski definition) is 3. The average Bonchev–Trinajstić information content (AvgIpc) is 2.66. The van der Waals surface area contributed by atoms with Crippen molar-refractivity contribution in [3.63, 3.8) is 0 Å². The van der Waals surface area contributed by atoms with Gasteiger partial charge in [0.05, 0.1) is 13.0 Å². The number of amides is 1. The van der Waals surface area contributed by atoms with Crippen molar-refractivity contribution in [3.05, 3.63) is 65.5 Å². The van der Waals surface area contributed by atoms with Crippen LogP contribution in [0.4, 0.5) is 13.2 Å². The van der Waals surface area contributed by atoms with E-state index in [4.69, 9.17) is 4.74 Å². The number of ether oxygens (including phenoxy) is 1. The molecule has 0 saturated carbocycles. The third-order valence-corrected chi connectivity index (χ3v) is 4.61. The van der Waals surface area contributed by atoms with Crippen molar-refractivity contribution in [3.8, 4) is 5.75 Å². The first-order valence-electron chi connectivity index (χ1n) is 8.86. The lowest BCUT2D eigenvalue weighted by atomic mass is 9.86. The summed E-state index contributed by atoms with van der Waals surface area (Å²) in [5, 5.41) is 6.14. The number of rotatable bonds is 6. The highest BCUT2D eigenvalue weighted by atomic mass is 19.2. The molecule has 27 heavy (non-hydrogen) atoms. The van der Waals surface area contributed by atoms with Crippen molar-refractivity contribution in [1.82, 2.24) is 10.6 Å². The van der Waals surface area contributed by atoms with E-state index in [0.717, 1.165) is 12.6 Å². The van der Waals surface area contributed by atoms with Crippen LogP contribution in [0.2, 0.25) is 0 Å². The van der Waals surface area contributed by atoms with Crippen LogP contribution >= 0.6 is 0 Å². The molecule has 1 amide bonds. The Morgan fingerprint density at radius 1 is 1.11 bits per heavy atom. The summed E-state index contributed by atoms with van der Waals surface area (Å²) in [4.78, 5) is 12.2. The van der Waals surface area contributed by atoms with Gasteiger partial charge in [0.1, 0.15) is 11.6 Å². The van der Waals surface area contributed by atoms with Crippen molar-refractivity contribution < 1.29 is 22.7 Å². The van der Waals surface area contributed by atoms with E-state index in [-0.39, 0.29) is 36.7 Å². The Hall–Kier alpha value is -2.54. The third-order valence-electron chi connectivity index (χ3n) is 4.61. The number of carbonyl (C=O) groups excluding carboxylic acids is 1. The maximum Gasteiger partial charge on any atom is 0.223 e. The fraction of sp³-hybridized carbons (Fsp3) is 0.350. The summed E-state index contributed by atoms with van der Waals surface area (Å²) in [5.41, 5.74) is 0.670. The van der Waals surface area contributed by atoms with Crippen LogP contribution in [0.3, 0.4) is 0 Å². The maximum absolute atomic E-state index is 13.6. The van der Waals surface area contributed by atoms with E-state index in [2.05, 4.69) is 10.6 Å². The molecule has 1 heterocycles. The molecule has 2 aromatic carbocycles. The van der Waals surface area contributed by atoms with Gasteiger partial charge in [0, 0.05) is 18.5 Å². The lowest BCUT2D eigenvalue weighted by molar-refractivity contribution is -0.122. The maximum atomic E-state index is 13.6. The van der Waals surface area contributed by atoms with Crippen LogP contribution in [0.1, 0.15) is 24.3 Å². The fourth-order valence-corrected chi connectivity index (χ4v) is 3.22. The quantitative estimate of drug-likeness (QED) is 0.812. The van der Waals surface area contributed by atoms with Gasteiger partial charge in [-0.3, -0.25) is 4.79 Å². The molecular formula is C20H21F3N2O2. The van der Waals surface area contributed by atoms with Crippen molar-refractivity contribution in [2.24, 2.45) is 0 Å². The highest BCUT2D eigenvalue weighted by Crippen LogP contribution is 2.27. The predicted molar refractivity (Wildman–Crippen MR) is 95.0 cm³/mol. The molecule has 0 bridgehead atoms. The minimum absolute atomic E-state index is 0.0942. The van der Waals surface area contributed by atoms with E-state index in [1.54, 1.807) is 6.07 Å². The second kappa shape index (κ2) is 8.90. The highest BCUT2D eigenvalue weighted by Gasteiger charge is 2.28. The van der Waals surface area contributed by atoms with Gasteiger partial charge in [0.2, 0.25) is 5.91 Å². The Bertz CT molecular complexity index is 783. The highest BCUT2D eigenvalue weighted by molar-refractivity contribution is 5.76. The lowest BCUT2D eigenvalue weighted by Gasteiger charge is -2.33. The molecule has 1 saturated heterocycles. The zero-order chi connectivity index (χ0) is 19.2. The first-order chi connectivity index (χ1) is 13.0. The van der Waals surface area contributed by atoms with E-state index >= 15 is 0 Å². The van der Waals surface area contributed by atoms with Crippen LogP contribution < -0.4 is 15.4 Å². The van der Waals surface area contributed by atoms with E-state index in [0.29, 0.717) is 24.3 Å². The van der Waals surface area contributed by atoms with Gasteiger partial charge in [0.15, 0.2) is 11.6 Å². The monoisotopic (exact) mass is 378 g/mol. The molecule has 1 fully saturated rings. The van der Waals surface area contributed by atoms with Crippen molar-refractivity contribution >= 4 is 5.91 Å². The second-order valence-corrected chi connectivity index (χ2v) is 6.50. The van der Waals surface area contributed by atoms with E-state index < -0.39 is 11.6 Å². The number of halogens is 3. The topological polar surface area (TPSA) is 50.4 Å². The second-order valence-electron chi connectivity index (χ2n) is 6.50. The molecule has 144 valence electrons. The Morgan fingerprint density at radius 2 is 1.89 bits per heavy atom. The summed E-state index contributed by atoms with van der Waals surface area (Å²) in [6.45, 7) is 1.45. The summed E-state index contributed by atoms with van der Waals surface area (Å²) in [6, 6.07) is 9.22. The van der Waals surface area contributed by atoms with Crippen LogP contribution in [0.25, 0.3) is 0 Å². The van der Waals surface area contributed by atoms with Gasteiger partial charge in [-0.15, -0.1) is 0 Å². The molecule has 7 heteroatoms. The largest absolute Gasteiger partial charge is 0.493 e. The van der Waals surface area contributed by atoms with Crippen LogP contribution in [-0.2, 0) is 4.79 Å². The van der Waals surface area contributed by atoms with Gasteiger partial charge in [-0.1, -0.05) is 6.07 Å². The molecule has 2 aromatic rings. The fourth-order valence-electron chi connectivity index (χ4n) is 3.22. The van der Waals surface area contributed by atoms with Crippen LogP contribution in [0.5, 0.6) is 5.75 Å². The van der Waals surface area contributed by atoms with Crippen molar-refractivity contribution in [1.29, 1.82) is 0 Å². The lowest BCUT2D eigenvalue weighted by Crippen LogP contribution is -2.50. The van der Waals surface area contributed by atoms with Gasteiger partial charge < -0.3 is 15.4 Å². The number of benzene rings is 2. The first kappa shape index (κ1) is 19.2. The Kier molecular flexibility index (Phi) is 6.34. The molecule has 2 atom stereocenters. The summed E-state index contributed by atoms with van der Waals surface area (Å²) >= 11 is 0. The van der Waals surface area contributed by atoms with Crippen molar-refractivity contribution in [2.45, 2.75) is 24.8 Å². The number of carbonyl (C=O) groups is 1. The van der Waals surface area contributed by atoms with Gasteiger partial charge in [-0.2, -0.15) is 0 Å². The molecule has 3 rings (SSSR count). The molecular weight excluding hydrogens is 357 g/mol. The molecule has 0 spiro atoms. The zero-order valence-corrected chi connectivity index (χ0v) is 14.7. The first-order valence-corrected chi connectivity index (χ1v) is 8.86. The smallest absolute Gasteiger partial charge is 0.223 e. The van der Waals surface area contributed by atoms with E-state index in [9.17, 15) is 18.0 Å². The molecule has 2 unspecified atom stereocenters. The van der Waals surface area contributed by atoms with Crippen molar-refractivity contribution in [2.75, 3.05) is 19.7 Å². The summed E-state index contributed by atoms with van der Waals surface area (Å²) in [6.07, 6.45) is 0.848. The van der Waals surface area contributed by atoms with Gasteiger partial charge in [-0.25, -0.2) is 13.2 Å². The predicted octanol–water partition coefficient (Wildman–Crippen LogP) is 3.13. The third kappa shape index (κ3) is 5.23. The SMILES string of the molecule is O=C(CCOc1ccc(F)cc1)NC1CNCCC1c1ccc(F)c(F)c1. The number of hydrogen-bond donors (Lipinski definition) is 2. The van der Waals surface area contributed by atoms with Gasteiger partial charge in [0.25, 0.3) is 0 Å². The number of piperidine rings is 1. The van der Waals surface area contributed by atoms with Crippen LogP contribution in [0.15, 0.2) is 42.5 Å². The minimum atomic E-state index is -0.885. The molecule has 2 N–H and O–H groups in total. The average molecular weight is 378 g/mol. The summed E-state index contributed by atoms with van der Waals surface area (Å²) < 4.78 is 45.0. The normalized spacial score (nSPS) is 19.5. The molecule has 0 aromatic heterocycles. The molecule has 1 aliphatic rings. The summed E-state index contributed by atoms with van der Waals surface area (Å²) in [7, 11) is 0. The molecule has 0 radical (unpaired) electrons. The Morgan fingerprint density at radius 3 is 2.63 bits per heavy atom. The number of nitrogens with one attached hydrogen (secondary N) is 2. The van der Waals surface area contributed by atoms with Gasteiger partial charge >= 0.3 is 0 Å². The van der Waals surface area contributed by atoms with Crippen LogP contribution in [-0.4, -0.2) is 31.6 Å². The van der Waals surface area contributed by atoms with E-state index in [1.807, 2.05) is 0 Å². The summed E-state index contributed by atoms with van der Waals surface area (Å²) in [5.74, 6) is -1.92. The molecule has 0 aliphatic carbocycles. The van der Waals surface area contributed by atoms with Crippen LogP contribution in [0, 0.1) is 17.5 Å². The molecule has 4 nitrogen and oxygen atoms in total. The molecule has 1 aliphatic heterocycles. The van der Waals surface area contributed by atoms with E-state index in [1.165, 1.54) is 30.3 Å². The van der Waals surface area contributed by atoms with Gasteiger partial charge in [-0.05, 0) is 54.9 Å². The Balaban J connectivity index is 1.54. The Labute approximate surface area is 155 Å².